The highest BCUT2D eigenvalue weighted by molar-refractivity contribution is 5.08. The first-order valence-corrected chi connectivity index (χ1v) is 9.86. The number of hydrogen-bond donors (Lipinski definition) is 2. The molecule has 2 heterocycles. The molecule has 3 fully saturated rings. The van der Waals surface area contributed by atoms with Crippen LogP contribution in [0.5, 0.6) is 0 Å². The van der Waals surface area contributed by atoms with Gasteiger partial charge in [-0.3, -0.25) is 0 Å². The van der Waals surface area contributed by atoms with E-state index < -0.39 is 0 Å². The van der Waals surface area contributed by atoms with E-state index in [1.165, 1.54) is 90.3 Å². The molecule has 0 bridgehead atoms. The number of hydrogen-bond acceptors (Lipinski definition) is 3. The highest BCUT2D eigenvalue weighted by Crippen LogP contribution is 2.44. The van der Waals surface area contributed by atoms with Gasteiger partial charge < -0.3 is 15.4 Å². The zero-order chi connectivity index (χ0) is 15.3. The van der Waals surface area contributed by atoms with Crippen LogP contribution in [-0.4, -0.2) is 38.4 Å². The molecule has 2 saturated heterocycles. The lowest BCUT2D eigenvalue weighted by Crippen LogP contribution is -2.68. The summed E-state index contributed by atoms with van der Waals surface area (Å²) in [5.74, 6) is 1.62. The Labute approximate surface area is 137 Å². The van der Waals surface area contributed by atoms with Crippen LogP contribution in [0, 0.1) is 11.8 Å². The van der Waals surface area contributed by atoms with Crippen molar-refractivity contribution in [3.8, 4) is 0 Å². The van der Waals surface area contributed by atoms with E-state index in [1.54, 1.807) is 0 Å². The monoisotopic (exact) mass is 308 g/mol. The molecule has 0 aromatic rings. The van der Waals surface area contributed by atoms with Crippen LogP contribution in [-0.2, 0) is 4.74 Å². The molecule has 1 saturated carbocycles. The Morgan fingerprint density at radius 3 is 2.05 bits per heavy atom. The first kappa shape index (κ1) is 16.7. The number of methoxy groups -OCH3 is 1. The van der Waals surface area contributed by atoms with Crippen LogP contribution in [0.2, 0.25) is 0 Å². The standard InChI is InChI=1S/C19H36N2O/c1-22-18-10-7-13-21-19(18,17-11-14-20-15-12-17)16-8-5-3-2-4-6-9-16/h16-18,20-21H,2-15H2,1H3. The number of rotatable bonds is 3. The lowest BCUT2D eigenvalue weighted by Gasteiger charge is -2.55. The van der Waals surface area contributed by atoms with Gasteiger partial charge >= 0.3 is 0 Å². The summed E-state index contributed by atoms with van der Waals surface area (Å²) in [6, 6.07) is 0. The lowest BCUT2D eigenvalue weighted by molar-refractivity contribution is -0.0789. The van der Waals surface area contributed by atoms with Crippen LogP contribution >= 0.6 is 0 Å². The minimum atomic E-state index is 0.256. The van der Waals surface area contributed by atoms with Crippen molar-refractivity contribution in [2.75, 3.05) is 26.7 Å². The molecule has 2 aliphatic heterocycles. The molecule has 128 valence electrons. The zero-order valence-corrected chi connectivity index (χ0v) is 14.5. The van der Waals surface area contributed by atoms with Crippen molar-refractivity contribution in [2.24, 2.45) is 11.8 Å². The predicted molar refractivity (Wildman–Crippen MR) is 92.2 cm³/mol. The Balaban J connectivity index is 1.85. The molecule has 3 nitrogen and oxygen atoms in total. The summed E-state index contributed by atoms with van der Waals surface area (Å²) < 4.78 is 6.10. The molecular formula is C19H36N2O. The van der Waals surface area contributed by atoms with Gasteiger partial charge in [0.1, 0.15) is 0 Å². The van der Waals surface area contributed by atoms with Gasteiger partial charge in [0, 0.05) is 7.11 Å². The van der Waals surface area contributed by atoms with Crippen molar-refractivity contribution in [1.29, 1.82) is 0 Å². The number of nitrogens with one attached hydrogen (secondary N) is 2. The smallest absolute Gasteiger partial charge is 0.0758 e. The molecule has 2 atom stereocenters. The third-order valence-corrected chi connectivity index (χ3v) is 6.69. The molecule has 2 unspecified atom stereocenters. The summed E-state index contributed by atoms with van der Waals surface area (Å²) in [4.78, 5) is 0. The fourth-order valence-corrected chi connectivity index (χ4v) is 5.64. The van der Waals surface area contributed by atoms with Gasteiger partial charge in [0.05, 0.1) is 11.6 Å². The van der Waals surface area contributed by atoms with Gasteiger partial charge in [-0.05, 0) is 70.0 Å². The van der Waals surface area contributed by atoms with Crippen LogP contribution in [0.1, 0.15) is 70.6 Å². The van der Waals surface area contributed by atoms with E-state index in [1.807, 2.05) is 7.11 Å². The van der Waals surface area contributed by atoms with E-state index in [0.717, 1.165) is 11.8 Å². The van der Waals surface area contributed by atoms with Crippen molar-refractivity contribution in [3.05, 3.63) is 0 Å². The molecule has 0 amide bonds. The van der Waals surface area contributed by atoms with Gasteiger partial charge in [0.15, 0.2) is 0 Å². The van der Waals surface area contributed by atoms with E-state index in [9.17, 15) is 0 Å². The minimum Gasteiger partial charge on any atom is -0.380 e. The molecule has 0 aromatic carbocycles. The van der Waals surface area contributed by atoms with Gasteiger partial charge in [0.2, 0.25) is 0 Å². The Bertz CT molecular complexity index is 321. The van der Waals surface area contributed by atoms with Gasteiger partial charge in [-0.25, -0.2) is 0 Å². The molecule has 3 rings (SSSR count). The zero-order valence-electron chi connectivity index (χ0n) is 14.5. The highest BCUT2D eigenvalue weighted by atomic mass is 16.5. The average Bonchev–Trinajstić information content (AvgIpc) is 2.55. The van der Waals surface area contributed by atoms with E-state index in [4.69, 9.17) is 4.74 Å². The molecular weight excluding hydrogens is 272 g/mol. The van der Waals surface area contributed by atoms with Gasteiger partial charge in [-0.1, -0.05) is 32.1 Å². The first-order valence-electron chi connectivity index (χ1n) is 9.86. The minimum absolute atomic E-state index is 0.256. The SMILES string of the molecule is COC1CCCNC1(C1CCCCCCC1)C1CCNCC1. The van der Waals surface area contributed by atoms with Gasteiger partial charge in [-0.15, -0.1) is 0 Å². The van der Waals surface area contributed by atoms with Crippen molar-refractivity contribution >= 4 is 0 Å². The maximum absolute atomic E-state index is 6.10. The molecule has 0 aromatic heterocycles. The number of piperidine rings is 2. The van der Waals surface area contributed by atoms with Crippen LogP contribution in [0.3, 0.4) is 0 Å². The van der Waals surface area contributed by atoms with Crippen LogP contribution in [0.15, 0.2) is 0 Å². The second-order valence-electron chi connectivity index (χ2n) is 7.79. The van der Waals surface area contributed by atoms with Crippen LogP contribution in [0.4, 0.5) is 0 Å². The second-order valence-corrected chi connectivity index (χ2v) is 7.79. The van der Waals surface area contributed by atoms with E-state index >= 15 is 0 Å². The van der Waals surface area contributed by atoms with Crippen molar-refractivity contribution in [1.82, 2.24) is 10.6 Å². The summed E-state index contributed by atoms with van der Waals surface area (Å²) >= 11 is 0. The van der Waals surface area contributed by atoms with Crippen molar-refractivity contribution < 1.29 is 4.74 Å². The fourth-order valence-electron chi connectivity index (χ4n) is 5.64. The van der Waals surface area contributed by atoms with Crippen LogP contribution in [0.25, 0.3) is 0 Å². The average molecular weight is 309 g/mol. The number of ether oxygens (including phenoxy) is 1. The highest BCUT2D eigenvalue weighted by Gasteiger charge is 2.51. The fraction of sp³-hybridized carbons (Fsp3) is 1.00. The van der Waals surface area contributed by atoms with Crippen LogP contribution < -0.4 is 10.6 Å². The van der Waals surface area contributed by atoms with E-state index in [2.05, 4.69) is 10.6 Å². The molecule has 2 N–H and O–H groups in total. The third kappa shape index (κ3) is 3.37. The quantitative estimate of drug-likeness (QED) is 0.837. The summed E-state index contributed by atoms with van der Waals surface area (Å²) in [5.41, 5.74) is 0.256. The Kier molecular flexibility index (Phi) is 6.17. The summed E-state index contributed by atoms with van der Waals surface area (Å²) in [5, 5.41) is 7.63. The molecule has 3 aliphatic rings. The largest absolute Gasteiger partial charge is 0.380 e. The van der Waals surface area contributed by atoms with Gasteiger partial charge in [0.25, 0.3) is 0 Å². The maximum Gasteiger partial charge on any atom is 0.0758 e. The Hall–Kier alpha value is -0.120. The third-order valence-electron chi connectivity index (χ3n) is 6.69. The summed E-state index contributed by atoms with van der Waals surface area (Å²) in [6.07, 6.45) is 15.6. The topological polar surface area (TPSA) is 33.3 Å². The van der Waals surface area contributed by atoms with Gasteiger partial charge in [-0.2, -0.15) is 0 Å². The first-order chi connectivity index (χ1) is 10.9. The molecule has 0 spiro atoms. The Morgan fingerprint density at radius 2 is 1.36 bits per heavy atom. The molecule has 22 heavy (non-hydrogen) atoms. The lowest BCUT2D eigenvalue weighted by atomic mass is 9.61. The van der Waals surface area contributed by atoms with E-state index in [-0.39, 0.29) is 5.54 Å². The summed E-state index contributed by atoms with van der Waals surface area (Å²) in [7, 11) is 1.95. The predicted octanol–water partition coefficient (Wildman–Crippen LogP) is 3.48. The summed E-state index contributed by atoms with van der Waals surface area (Å²) in [6.45, 7) is 3.58. The normalized spacial score (nSPS) is 36.7. The molecule has 0 radical (unpaired) electrons. The van der Waals surface area contributed by atoms with Crippen molar-refractivity contribution in [2.45, 2.75) is 82.3 Å². The molecule has 1 aliphatic carbocycles. The second kappa shape index (κ2) is 8.12. The molecule has 3 heteroatoms. The van der Waals surface area contributed by atoms with Crippen molar-refractivity contribution in [3.63, 3.8) is 0 Å². The maximum atomic E-state index is 6.10. The van der Waals surface area contributed by atoms with E-state index in [0.29, 0.717) is 6.10 Å². The Morgan fingerprint density at radius 1 is 0.727 bits per heavy atom.